The van der Waals surface area contributed by atoms with Crippen LogP contribution < -0.4 is 14.8 Å². The molecule has 1 aliphatic rings. The Morgan fingerprint density at radius 3 is 2.48 bits per heavy atom. The summed E-state index contributed by atoms with van der Waals surface area (Å²) < 4.78 is 11.0. The topological polar surface area (TPSA) is 33.7 Å². The van der Waals surface area contributed by atoms with Gasteiger partial charge in [-0.15, -0.1) is 0 Å². The molecule has 0 amide bonds. The fraction of sp³-hybridized carbons (Fsp3) is 0.647. The van der Waals surface area contributed by atoms with E-state index in [4.69, 9.17) is 9.47 Å². The van der Waals surface area contributed by atoms with Crippen molar-refractivity contribution in [3.63, 3.8) is 0 Å². The van der Waals surface area contributed by atoms with Gasteiger partial charge in [0.1, 0.15) is 18.1 Å². The summed E-state index contributed by atoms with van der Waals surface area (Å²) in [7, 11) is 1.67. The van der Waals surface area contributed by atoms with E-state index in [0.29, 0.717) is 6.04 Å². The largest absolute Gasteiger partial charge is 0.497 e. The monoisotopic (exact) mass is 292 g/mol. The van der Waals surface area contributed by atoms with Gasteiger partial charge in [-0.25, -0.2) is 0 Å². The van der Waals surface area contributed by atoms with E-state index in [2.05, 4.69) is 31.0 Å². The molecule has 1 atom stereocenters. The van der Waals surface area contributed by atoms with Crippen molar-refractivity contribution in [2.24, 2.45) is 5.41 Å². The highest BCUT2D eigenvalue weighted by atomic mass is 16.5. The van der Waals surface area contributed by atoms with E-state index in [1.165, 1.54) is 0 Å². The highest BCUT2D eigenvalue weighted by molar-refractivity contribution is 5.31. The lowest BCUT2D eigenvalue weighted by Gasteiger charge is -2.43. The molecule has 1 aromatic rings. The predicted octanol–water partition coefficient (Wildman–Crippen LogP) is 2.39. The van der Waals surface area contributed by atoms with Crippen LogP contribution in [0.2, 0.25) is 0 Å². The molecule has 1 unspecified atom stereocenters. The smallest absolute Gasteiger partial charge is 0.119 e. The van der Waals surface area contributed by atoms with Gasteiger partial charge in [-0.1, -0.05) is 20.8 Å². The van der Waals surface area contributed by atoms with Crippen molar-refractivity contribution in [2.45, 2.75) is 26.8 Å². The minimum absolute atomic E-state index is 0.285. The zero-order valence-corrected chi connectivity index (χ0v) is 13.7. The van der Waals surface area contributed by atoms with Gasteiger partial charge in [0, 0.05) is 32.2 Å². The molecule has 21 heavy (non-hydrogen) atoms. The lowest BCUT2D eigenvalue weighted by Crippen LogP contribution is -2.57. The van der Waals surface area contributed by atoms with Crippen LogP contribution in [0.4, 0.5) is 0 Å². The molecular formula is C17H28N2O2. The van der Waals surface area contributed by atoms with Gasteiger partial charge >= 0.3 is 0 Å². The summed E-state index contributed by atoms with van der Waals surface area (Å²) in [5, 5.41) is 3.50. The number of benzene rings is 1. The second-order valence-electron chi connectivity index (χ2n) is 6.65. The fourth-order valence-electron chi connectivity index (χ4n) is 2.82. The molecule has 0 saturated carbocycles. The molecule has 0 bridgehead atoms. The van der Waals surface area contributed by atoms with Crippen molar-refractivity contribution in [1.29, 1.82) is 0 Å². The first kappa shape index (κ1) is 16.1. The van der Waals surface area contributed by atoms with Crippen molar-refractivity contribution < 1.29 is 9.47 Å². The molecule has 4 heteroatoms. The average Bonchev–Trinajstić information content (AvgIpc) is 2.47. The van der Waals surface area contributed by atoms with Crippen LogP contribution in [-0.2, 0) is 0 Å². The molecule has 2 rings (SSSR count). The second-order valence-corrected chi connectivity index (χ2v) is 6.65. The van der Waals surface area contributed by atoms with Gasteiger partial charge in [-0.05, 0) is 29.7 Å². The number of nitrogens with one attached hydrogen (secondary N) is 1. The highest BCUT2D eigenvalue weighted by Crippen LogP contribution is 2.25. The van der Waals surface area contributed by atoms with Crippen LogP contribution in [0.25, 0.3) is 0 Å². The Labute approximate surface area is 128 Å². The van der Waals surface area contributed by atoms with E-state index < -0.39 is 0 Å². The number of hydrogen-bond acceptors (Lipinski definition) is 4. The Kier molecular flexibility index (Phi) is 5.48. The van der Waals surface area contributed by atoms with E-state index in [0.717, 1.165) is 44.3 Å². The van der Waals surface area contributed by atoms with E-state index in [1.807, 2.05) is 24.3 Å². The maximum absolute atomic E-state index is 5.85. The van der Waals surface area contributed by atoms with E-state index >= 15 is 0 Å². The minimum atomic E-state index is 0.285. The molecule has 0 aromatic heterocycles. The number of nitrogens with zero attached hydrogens (tertiary/aromatic N) is 1. The molecule has 0 spiro atoms. The molecule has 0 aliphatic carbocycles. The second kappa shape index (κ2) is 7.14. The van der Waals surface area contributed by atoms with Gasteiger partial charge in [0.2, 0.25) is 0 Å². The van der Waals surface area contributed by atoms with E-state index in [1.54, 1.807) is 7.11 Å². The highest BCUT2D eigenvalue weighted by Gasteiger charge is 2.31. The quantitative estimate of drug-likeness (QED) is 0.903. The molecular weight excluding hydrogens is 264 g/mol. The Hall–Kier alpha value is -1.26. The third-order valence-electron chi connectivity index (χ3n) is 4.06. The summed E-state index contributed by atoms with van der Waals surface area (Å²) in [5.74, 6) is 1.76. The third-order valence-corrected chi connectivity index (χ3v) is 4.06. The van der Waals surface area contributed by atoms with Crippen LogP contribution in [0.15, 0.2) is 24.3 Å². The molecule has 0 radical (unpaired) electrons. The maximum atomic E-state index is 5.85. The summed E-state index contributed by atoms with van der Waals surface area (Å²) in [6, 6.07) is 8.33. The SMILES string of the molecule is COc1ccc(OCCN2CCNCC2C(C)(C)C)cc1. The number of piperazine rings is 1. The van der Waals surface area contributed by atoms with Crippen LogP contribution in [-0.4, -0.2) is 50.8 Å². The molecule has 1 fully saturated rings. The van der Waals surface area contributed by atoms with Crippen molar-refractivity contribution >= 4 is 0 Å². The zero-order chi connectivity index (χ0) is 15.3. The van der Waals surface area contributed by atoms with Crippen LogP contribution in [0.1, 0.15) is 20.8 Å². The molecule has 1 aliphatic heterocycles. The number of rotatable bonds is 5. The first-order valence-electron chi connectivity index (χ1n) is 7.72. The van der Waals surface area contributed by atoms with Crippen LogP contribution >= 0.6 is 0 Å². The van der Waals surface area contributed by atoms with Gasteiger partial charge in [-0.2, -0.15) is 0 Å². The minimum Gasteiger partial charge on any atom is -0.497 e. The Morgan fingerprint density at radius 1 is 1.19 bits per heavy atom. The van der Waals surface area contributed by atoms with E-state index in [-0.39, 0.29) is 5.41 Å². The van der Waals surface area contributed by atoms with Gasteiger partial charge in [0.15, 0.2) is 0 Å². The standard InChI is InChI=1S/C17H28N2O2/c1-17(2,3)16-13-18-9-10-19(16)11-12-21-15-7-5-14(20-4)6-8-15/h5-8,16,18H,9-13H2,1-4H3. The van der Waals surface area contributed by atoms with Gasteiger partial charge in [0.05, 0.1) is 7.11 Å². The molecule has 1 aromatic carbocycles. The predicted molar refractivity (Wildman–Crippen MR) is 86.2 cm³/mol. The first-order chi connectivity index (χ1) is 10.0. The summed E-state index contributed by atoms with van der Waals surface area (Å²) in [4.78, 5) is 2.54. The van der Waals surface area contributed by atoms with Crippen molar-refractivity contribution in [3.05, 3.63) is 24.3 Å². The van der Waals surface area contributed by atoms with Crippen LogP contribution in [0, 0.1) is 5.41 Å². The van der Waals surface area contributed by atoms with Gasteiger partial charge in [0.25, 0.3) is 0 Å². The molecule has 1 heterocycles. The molecule has 118 valence electrons. The van der Waals surface area contributed by atoms with Crippen molar-refractivity contribution in [1.82, 2.24) is 10.2 Å². The summed E-state index contributed by atoms with van der Waals surface area (Å²) in [5.41, 5.74) is 0.285. The van der Waals surface area contributed by atoms with Gasteiger partial charge in [-0.3, -0.25) is 4.90 Å². The third kappa shape index (κ3) is 4.61. The van der Waals surface area contributed by atoms with Crippen LogP contribution in [0.3, 0.4) is 0 Å². The van der Waals surface area contributed by atoms with Crippen molar-refractivity contribution in [3.8, 4) is 11.5 Å². The fourth-order valence-corrected chi connectivity index (χ4v) is 2.82. The molecule has 1 N–H and O–H groups in total. The average molecular weight is 292 g/mol. The molecule has 4 nitrogen and oxygen atoms in total. The normalized spacial score (nSPS) is 20.3. The van der Waals surface area contributed by atoms with Crippen LogP contribution in [0.5, 0.6) is 11.5 Å². The summed E-state index contributed by atoms with van der Waals surface area (Å²) in [6.07, 6.45) is 0. The lowest BCUT2D eigenvalue weighted by atomic mass is 9.84. The summed E-state index contributed by atoms with van der Waals surface area (Å²) >= 11 is 0. The number of ether oxygens (including phenoxy) is 2. The molecule has 1 saturated heterocycles. The number of hydrogen-bond donors (Lipinski definition) is 1. The Balaban J connectivity index is 1.83. The Morgan fingerprint density at radius 2 is 1.86 bits per heavy atom. The summed E-state index contributed by atoms with van der Waals surface area (Å²) in [6.45, 7) is 11.8. The zero-order valence-electron chi connectivity index (χ0n) is 13.7. The first-order valence-corrected chi connectivity index (χ1v) is 7.72. The number of methoxy groups -OCH3 is 1. The lowest BCUT2D eigenvalue weighted by molar-refractivity contribution is 0.0630. The van der Waals surface area contributed by atoms with E-state index in [9.17, 15) is 0 Å². The van der Waals surface area contributed by atoms with Gasteiger partial charge < -0.3 is 14.8 Å². The Bertz CT molecular complexity index is 425. The maximum Gasteiger partial charge on any atom is 0.119 e. The van der Waals surface area contributed by atoms with Crippen molar-refractivity contribution in [2.75, 3.05) is 39.9 Å².